The molecule has 92 valence electrons. The van der Waals surface area contributed by atoms with E-state index in [1.165, 1.54) is 37.7 Å². The van der Waals surface area contributed by atoms with E-state index in [1.54, 1.807) is 0 Å². The Kier molecular flexibility index (Phi) is 4.38. The maximum Gasteiger partial charge on any atom is 0.0224 e. The van der Waals surface area contributed by atoms with Gasteiger partial charge in [-0.3, -0.25) is 0 Å². The molecule has 0 atom stereocenters. The summed E-state index contributed by atoms with van der Waals surface area (Å²) in [6.07, 6.45) is 9.84. The molecule has 1 aromatic carbocycles. The van der Waals surface area contributed by atoms with Gasteiger partial charge in [0.05, 0.1) is 0 Å². The molecule has 0 saturated heterocycles. The summed E-state index contributed by atoms with van der Waals surface area (Å²) in [4.78, 5) is 0. The molecular weight excluding hydrogens is 206 g/mol. The van der Waals surface area contributed by atoms with E-state index < -0.39 is 0 Å². The number of benzene rings is 1. The molecule has 0 unspecified atom stereocenters. The molecular formula is C16H23N. The van der Waals surface area contributed by atoms with Crippen LogP contribution in [0.4, 0.5) is 0 Å². The van der Waals surface area contributed by atoms with Crippen molar-refractivity contribution in [3.63, 3.8) is 0 Å². The molecule has 0 spiro atoms. The molecule has 1 aromatic rings. The van der Waals surface area contributed by atoms with Crippen molar-refractivity contribution >= 4 is 0 Å². The molecule has 1 aliphatic rings. The van der Waals surface area contributed by atoms with E-state index in [-0.39, 0.29) is 0 Å². The molecule has 1 N–H and O–H groups in total. The fourth-order valence-electron chi connectivity index (χ4n) is 2.92. The van der Waals surface area contributed by atoms with E-state index in [0.717, 1.165) is 13.0 Å². The van der Waals surface area contributed by atoms with E-state index in [4.69, 9.17) is 0 Å². The fraction of sp³-hybridized carbons (Fsp3) is 0.500. The Morgan fingerprint density at radius 2 is 1.82 bits per heavy atom. The minimum Gasteiger partial charge on any atom is -0.307 e. The highest BCUT2D eigenvalue weighted by Gasteiger charge is 2.30. The van der Waals surface area contributed by atoms with Gasteiger partial charge in [0.15, 0.2) is 0 Å². The van der Waals surface area contributed by atoms with Crippen LogP contribution in [0, 0.1) is 0 Å². The maximum atomic E-state index is 3.82. The van der Waals surface area contributed by atoms with Crippen LogP contribution in [0.5, 0.6) is 0 Å². The second kappa shape index (κ2) is 6.02. The van der Waals surface area contributed by atoms with Crippen LogP contribution in [0.25, 0.3) is 0 Å². The second-order valence-corrected chi connectivity index (χ2v) is 5.17. The van der Waals surface area contributed by atoms with Crippen LogP contribution in [0.3, 0.4) is 0 Å². The Bertz CT molecular complexity index is 336. The van der Waals surface area contributed by atoms with Gasteiger partial charge in [0.2, 0.25) is 0 Å². The zero-order chi connectivity index (χ0) is 12.0. The van der Waals surface area contributed by atoms with Gasteiger partial charge in [-0.15, -0.1) is 6.58 Å². The average Bonchev–Trinajstić information content (AvgIpc) is 2.39. The molecule has 0 heterocycles. The van der Waals surface area contributed by atoms with Crippen LogP contribution < -0.4 is 5.32 Å². The van der Waals surface area contributed by atoms with Gasteiger partial charge in [-0.1, -0.05) is 55.7 Å². The first kappa shape index (κ1) is 12.4. The van der Waals surface area contributed by atoms with E-state index in [9.17, 15) is 0 Å². The lowest BCUT2D eigenvalue weighted by molar-refractivity contribution is 0.237. The van der Waals surface area contributed by atoms with Crippen molar-refractivity contribution in [3.8, 4) is 0 Å². The molecule has 0 bridgehead atoms. The summed E-state index contributed by atoms with van der Waals surface area (Å²) < 4.78 is 0. The quantitative estimate of drug-likeness (QED) is 0.759. The summed E-state index contributed by atoms with van der Waals surface area (Å²) in [6, 6.07) is 10.9. The Labute approximate surface area is 105 Å². The summed E-state index contributed by atoms with van der Waals surface area (Å²) in [5.74, 6) is 0. The van der Waals surface area contributed by atoms with Crippen LogP contribution >= 0.6 is 0 Å². The number of hydrogen-bond acceptors (Lipinski definition) is 1. The highest BCUT2D eigenvalue weighted by Crippen LogP contribution is 2.31. The Hall–Kier alpha value is -1.08. The minimum absolute atomic E-state index is 0.313. The summed E-state index contributed by atoms with van der Waals surface area (Å²) in [7, 11) is 0. The minimum atomic E-state index is 0.313. The Morgan fingerprint density at radius 1 is 1.12 bits per heavy atom. The summed E-state index contributed by atoms with van der Waals surface area (Å²) in [5, 5.41) is 3.72. The first-order chi connectivity index (χ1) is 8.35. The lowest BCUT2D eigenvalue weighted by Gasteiger charge is -2.38. The monoisotopic (exact) mass is 229 g/mol. The van der Waals surface area contributed by atoms with Crippen molar-refractivity contribution in [3.05, 3.63) is 48.6 Å². The zero-order valence-corrected chi connectivity index (χ0v) is 10.6. The van der Waals surface area contributed by atoms with Gasteiger partial charge in [-0.25, -0.2) is 0 Å². The van der Waals surface area contributed by atoms with Crippen molar-refractivity contribution in [1.29, 1.82) is 0 Å². The molecule has 17 heavy (non-hydrogen) atoms. The number of rotatable bonds is 5. The lowest BCUT2D eigenvalue weighted by atomic mass is 9.77. The molecule has 1 fully saturated rings. The molecule has 1 saturated carbocycles. The highest BCUT2D eigenvalue weighted by atomic mass is 15.0. The molecule has 2 rings (SSSR count). The predicted octanol–water partition coefficient (Wildman–Crippen LogP) is 3.71. The molecule has 0 radical (unpaired) electrons. The van der Waals surface area contributed by atoms with Crippen LogP contribution in [0.1, 0.15) is 37.7 Å². The second-order valence-electron chi connectivity index (χ2n) is 5.17. The van der Waals surface area contributed by atoms with Gasteiger partial charge < -0.3 is 5.32 Å². The van der Waals surface area contributed by atoms with Crippen molar-refractivity contribution in [2.24, 2.45) is 0 Å². The van der Waals surface area contributed by atoms with Crippen LogP contribution in [-0.4, -0.2) is 12.1 Å². The van der Waals surface area contributed by atoms with E-state index in [2.05, 4.69) is 42.2 Å². The van der Waals surface area contributed by atoms with Crippen molar-refractivity contribution in [2.75, 3.05) is 6.54 Å². The molecule has 0 aromatic heterocycles. The van der Waals surface area contributed by atoms with Crippen LogP contribution in [-0.2, 0) is 6.42 Å². The first-order valence-corrected chi connectivity index (χ1v) is 6.74. The van der Waals surface area contributed by atoms with Gasteiger partial charge in [0.25, 0.3) is 0 Å². The third-order valence-corrected chi connectivity index (χ3v) is 3.82. The normalized spacial score (nSPS) is 18.8. The van der Waals surface area contributed by atoms with Gasteiger partial charge in [-0.05, 0) is 24.8 Å². The van der Waals surface area contributed by atoms with Crippen LogP contribution in [0.2, 0.25) is 0 Å². The zero-order valence-electron chi connectivity index (χ0n) is 10.6. The Morgan fingerprint density at radius 3 is 2.47 bits per heavy atom. The first-order valence-electron chi connectivity index (χ1n) is 6.74. The summed E-state index contributed by atoms with van der Waals surface area (Å²) >= 11 is 0. The van der Waals surface area contributed by atoms with Gasteiger partial charge >= 0.3 is 0 Å². The topological polar surface area (TPSA) is 12.0 Å². The standard InChI is InChI=1S/C16H23N/c1-2-13-17-16(11-7-4-8-12-16)14-15-9-5-3-6-10-15/h2-3,5-6,9-10,17H,1,4,7-8,11-14H2. The SMILES string of the molecule is C=CCNC1(Cc2ccccc2)CCCCC1. The summed E-state index contributed by atoms with van der Waals surface area (Å²) in [6.45, 7) is 4.74. The van der Waals surface area contributed by atoms with Crippen LogP contribution in [0.15, 0.2) is 43.0 Å². The molecule has 0 aliphatic heterocycles. The smallest absolute Gasteiger partial charge is 0.0224 e. The number of nitrogens with one attached hydrogen (secondary N) is 1. The van der Waals surface area contributed by atoms with Crippen molar-refractivity contribution in [2.45, 2.75) is 44.1 Å². The number of hydrogen-bond donors (Lipinski definition) is 1. The third kappa shape index (κ3) is 3.44. The van der Waals surface area contributed by atoms with E-state index in [1.807, 2.05) is 6.08 Å². The summed E-state index contributed by atoms with van der Waals surface area (Å²) in [5.41, 5.74) is 1.76. The predicted molar refractivity (Wildman–Crippen MR) is 74.2 cm³/mol. The van der Waals surface area contributed by atoms with E-state index in [0.29, 0.717) is 5.54 Å². The molecule has 1 heteroatoms. The van der Waals surface area contributed by atoms with Gasteiger partial charge in [-0.2, -0.15) is 0 Å². The van der Waals surface area contributed by atoms with Crippen molar-refractivity contribution < 1.29 is 0 Å². The average molecular weight is 229 g/mol. The van der Waals surface area contributed by atoms with Gasteiger partial charge in [0, 0.05) is 12.1 Å². The third-order valence-electron chi connectivity index (χ3n) is 3.82. The van der Waals surface area contributed by atoms with Crippen molar-refractivity contribution in [1.82, 2.24) is 5.32 Å². The fourth-order valence-corrected chi connectivity index (χ4v) is 2.92. The molecule has 1 aliphatic carbocycles. The van der Waals surface area contributed by atoms with E-state index >= 15 is 0 Å². The largest absolute Gasteiger partial charge is 0.307 e. The lowest BCUT2D eigenvalue weighted by Crippen LogP contribution is -2.48. The molecule has 0 amide bonds. The van der Waals surface area contributed by atoms with Gasteiger partial charge in [0.1, 0.15) is 0 Å². The Balaban J connectivity index is 2.06. The maximum absolute atomic E-state index is 3.82. The highest BCUT2D eigenvalue weighted by molar-refractivity contribution is 5.18. The molecule has 1 nitrogen and oxygen atoms in total.